The van der Waals surface area contributed by atoms with Crippen LogP contribution in [0.1, 0.15) is 23.0 Å². The number of hydrogen-bond donors (Lipinski definition) is 0. The van der Waals surface area contributed by atoms with Crippen molar-refractivity contribution in [2.75, 3.05) is 28.4 Å². The smallest absolute Gasteiger partial charge is 0.160 e. The molecule has 4 heteroatoms. The third-order valence-corrected chi connectivity index (χ3v) is 5.59. The van der Waals surface area contributed by atoms with E-state index in [1.165, 1.54) is 11.1 Å². The molecule has 1 fully saturated rings. The fourth-order valence-corrected chi connectivity index (χ4v) is 4.55. The predicted octanol–water partition coefficient (Wildman–Crippen LogP) is 4.04. The van der Waals surface area contributed by atoms with Gasteiger partial charge in [0.1, 0.15) is 0 Å². The Morgan fingerprint density at radius 2 is 0.846 bits per heavy atom. The highest BCUT2D eigenvalue weighted by atomic mass is 16.7. The Morgan fingerprint density at radius 1 is 0.538 bits per heavy atom. The molecule has 0 radical (unpaired) electrons. The van der Waals surface area contributed by atoms with Gasteiger partial charge in [0.2, 0.25) is 0 Å². The molecule has 1 saturated carbocycles. The summed E-state index contributed by atoms with van der Waals surface area (Å²) in [6.45, 7) is 0. The summed E-state index contributed by atoms with van der Waals surface area (Å²) in [5.41, 5.74) is 2.51. The molecule has 0 aliphatic heterocycles. The van der Waals surface area contributed by atoms with Crippen LogP contribution in [0, 0.1) is 11.8 Å². The lowest BCUT2D eigenvalue weighted by molar-refractivity contribution is -0.232. The normalized spacial score (nSPS) is 25.5. The second-order valence-corrected chi connectivity index (χ2v) is 6.71. The standard InChI is InChI=1S/C22H28O4/c1-23-21(24-2)19-17(15-11-7-5-8-12-15)20(22(25-3)26-4)18(19)16-13-9-6-10-14-16/h5-14,17-22H,1-4H3. The van der Waals surface area contributed by atoms with E-state index in [-0.39, 0.29) is 36.3 Å². The van der Waals surface area contributed by atoms with E-state index in [1.54, 1.807) is 28.4 Å². The largest absolute Gasteiger partial charge is 0.356 e. The van der Waals surface area contributed by atoms with E-state index in [0.717, 1.165) is 0 Å². The highest BCUT2D eigenvalue weighted by molar-refractivity contribution is 5.34. The molecule has 3 rings (SSSR count). The van der Waals surface area contributed by atoms with E-state index in [2.05, 4.69) is 48.5 Å². The molecule has 0 atom stereocenters. The van der Waals surface area contributed by atoms with Crippen LogP contribution in [0.15, 0.2) is 60.7 Å². The Labute approximate surface area is 156 Å². The lowest BCUT2D eigenvalue weighted by atomic mass is 9.52. The summed E-state index contributed by atoms with van der Waals surface area (Å²) in [7, 11) is 6.82. The number of rotatable bonds is 8. The van der Waals surface area contributed by atoms with Crippen LogP contribution in [-0.4, -0.2) is 41.0 Å². The van der Waals surface area contributed by atoms with Crippen molar-refractivity contribution in [1.82, 2.24) is 0 Å². The Balaban J connectivity index is 2.06. The molecule has 2 aromatic rings. The van der Waals surface area contributed by atoms with Crippen molar-refractivity contribution < 1.29 is 18.9 Å². The highest BCUT2D eigenvalue weighted by Gasteiger charge is 2.58. The first-order chi connectivity index (χ1) is 12.8. The average molecular weight is 356 g/mol. The van der Waals surface area contributed by atoms with Crippen LogP contribution >= 0.6 is 0 Å². The summed E-state index contributed by atoms with van der Waals surface area (Å²) >= 11 is 0. The van der Waals surface area contributed by atoms with E-state index in [9.17, 15) is 0 Å². The van der Waals surface area contributed by atoms with Crippen LogP contribution in [0.2, 0.25) is 0 Å². The molecule has 0 saturated heterocycles. The monoisotopic (exact) mass is 356 g/mol. The first-order valence-electron chi connectivity index (χ1n) is 8.97. The van der Waals surface area contributed by atoms with Crippen molar-refractivity contribution in [2.24, 2.45) is 11.8 Å². The molecular formula is C22H28O4. The fraction of sp³-hybridized carbons (Fsp3) is 0.455. The molecule has 1 aliphatic rings. The van der Waals surface area contributed by atoms with Gasteiger partial charge in [-0.15, -0.1) is 0 Å². The van der Waals surface area contributed by atoms with Gasteiger partial charge in [0, 0.05) is 52.1 Å². The Kier molecular flexibility index (Phi) is 6.43. The number of hydrogen-bond acceptors (Lipinski definition) is 4. The molecule has 2 aromatic carbocycles. The van der Waals surface area contributed by atoms with Crippen molar-refractivity contribution in [3.8, 4) is 0 Å². The summed E-state index contributed by atoms with van der Waals surface area (Å²) in [5.74, 6) is 0.785. The minimum Gasteiger partial charge on any atom is -0.356 e. The molecule has 1 aliphatic carbocycles. The van der Waals surface area contributed by atoms with Crippen molar-refractivity contribution >= 4 is 0 Å². The third-order valence-electron chi connectivity index (χ3n) is 5.59. The van der Waals surface area contributed by atoms with Crippen LogP contribution in [0.3, 0.4) is 0 Å². The van der Waals surface area contributed by atoms with E-state index < -0.39 is 0 Å². The Bertz CT molecular complexity index is 585. The minimum absolute atomic E-state index is 0.174. The predicted molar refractivity (Wildman–Crippen MR) is 101 cm³/mol. The van der Waals surface area contributed by atoms with E-state index >= 15 is 0 Å². The van der Waals surface area contributed by atoms with E-state index in [1.807, 2.05) is 12.1 Å². The summed E-state index contributed by atoms with van der Waals surface area (Å²) in [5, 5.41) is 0. The maximum atomic E-state index is 5.70. The first-order valence-corrected chi connectivity index (χ1v) is 8.97. The summed E-state index contributed by atoms with van der Waals surface area (Å²) < 4.78 is 22.8. The summed E-state index contributed by atoms with van der Waals surface area (Å²) in [4.78, 5) is 0. The number of methoxy groups -OCH3 is 4. The SMILES string of the molecule is COC(OC)C1C(c2ccccc2)C(C(OC)OC)C1c1ccccc1. The molecule has 0 amide bonds. The van der Waals surface area contributed by atoms with Gasteiger partial charge in [-0.05, 0) is 11.1 Å². The summed E-state index contributed by atoms with van der Waals surface area (Å²) in [6, 6.07) is 21.0. The van der Waals surface area contributed by atoms with Crippen molar-refractivity contribution in [3.05, 3.63) is 71.8 Å². The molecule has 140 valence electrons. The quantitative estimate of drug-likeness (QED) is 0.669. The van der Waals surface area contributed by atoms with Gasteiger partial charge in [-0.25, -0.2) is 0 Å². The van der Waals surface area contributed by atoms with Gasteiger partial charge in [-0.3, -0.25) is 0 Å². The zero-order chi connectivity index (χ0) is 18.5. The lowest BCUT2D eigenvalue weighted by Gasteiger charge is -2.56. The molecule has 0 heterocycles. The van der Waals surface area contributed by atoms with Gasteiger partial charge in [0.15, 0.2) is 12.6 Å². The number of benzene rings is 2. The molecule has 26 heavy (non-hydrogen) atoms. The first kappa shape index (κ1) is 19.1. The second-order valence-electron chi connectivity index (χ2n) is 6.71. The van der Waals surface area contributed by atoms with Crippen LogP contribution in [0.25, 0.3) is 0 Å². The fourth-order valence-electron chi connectivity index (χ4n) is 4.55. The lowest BCUT2D eigenvalue weighted by Crippen LogP contribution is -2.55. The number of ether oxygens (including phenoxy) is 4. The zero-order valence-corrected chi connectivity index (χ0v) is 15.9. The molecule has 0 unspecified atom stereocenters. The van der Waals surface area contributed by atoms with Crippen LogP contribution in [-0.2, 0) is 18.9 Å². The molecule has 0 N–H and O–H groups in total. The van der Waals surface area contributed by atoms with Gasteiger partial charge < -0.3 is 18.9 Å². The van der Waals surface area contributed by atoms with Gasteiger partial charge in [-0.1, -0.05) is 60.7 Å². The van der Waals surface area contributed by atoms with Crippen LogP contribution < -0.4 is 0 Å². The van der Waals surface area contributed by atoms with Gasteiger partial charge in [-0.2, -0.15) is 0 Å². The maximum absolute atomic E-state index is 5.70. The molecule has 0 aromatic heterocycles. The molecule has 4 nitrogen and oxygen atoms in total. The highest BCUT2D eigenvalue weighted by Crippen LogP contribution is 2.60. The zero-order valence-electron chi connectivity index (χ0n) is 15.9. The van der Waals surface area contributed by atoms with Crippen molar-refractivity contribution in [2.45, 2.75) is 24.4 Å². The third kappa shape index (κ3) is 3.42. The molecule has 0 bridgehead atoms. The van der Waals surface area contributed by atoms with Gasteiger partial charge in [0.25, 0.3) is 0 Å². The van der Waals surface area contributed by atoms with Gasteiger partial charge >= 0.3 is 0 Å². The summed E-state index contributed by atoms with van der Waals surface area (Å²) in [6.07, 6.45) is -0.591. The van der Waals surface area contributed by atoms with Crippen LogP contribution in [0.4, 0.5) is 0 Å². The van der Waals surface area contributed by atoms with Crippen molar-refractivity contribution in [1.29, 1.82) is 0 Å². The second kappa shape index (κ2) is 8.78. The average Bonchev–Trinajstić information content (AvgIpc) is 2.69. The van der Waals surface area contributed by atoms with Gasteiger partial charge in [0.05, 0.1) is 0 Å². The van der Waals surface area contributed by atoms with E-state index in [4.69, 9.17) is 18.9 Å². The Morgan fingerprint density at radius 3 is 1.12 bits per heavy atom. The topological polar surface area (TPSA) is 36.9 Å². The van der Waals surface area contributed by atoms with Crippen LogP contribution in [0.5, 0.6) is 0 Å². The molecule has 0 spiro atoms. The minimum atomic E-state index is -0.295. The molecular weight excluding hydrogens is 328 g/mol. The van der Waals surface area contributed by atoms with Crippen molar-refractivity contribution in [3.63, 3.8) is 0 Å². The maximum Gasteiger partial charge on any atom is 0.160 e. The van der Waals surface area contributed by atoms with E-state index in [0.29, 0.717) is 0 Å². The Hall–Kier alpha value is -1.72.